The number of hydrogen-bond acceptors (Lipinski definition) is 2. The number of halogens is 1. The molecule has 0 aromatic rings. The van der Waals surface area contributed by atoms with E-state index in [1.807, 2.05) is 13.8 Å². The summed E-state index contributed by atoms with van der Waals surface area (Å²) in [4.78, 5) is 21.6. The molecular weight excluding hydrogens is 287 g/mol. The van der Waals surface area contributed by atoms with E-state index in [2.05, 4.69) is 8.85 Å². The monoisotopic (exact) mass is 300 g/mol. The van der Waals surface area contributed by atoms with Gasteiger partial charge in [-0.05, 0) is 5.92 Å². The van der Waals surface area contributed by atoms with E-state index in [9.17, 15) is 9.59 Å². The van der Waals surface area contributed by atoms with Crippen molar-refractivity contribution in [3.05, 3.63) is 0 Å². The lowest BCUT2D eigenvalue weighted by Crippen LogP contribution is -2.47. The second-order valence-corrected chi connectivity index (χ2v) is 3.31. The molecule has 2 atom stereocenters. The Hall–Kier alpha value is -0.530. The van der Waals surface area contributed by atoms with Crippen LogP contribution < -0.4 is 8.85 Å². The quantitative estimate of drug-likeness (QED) is 0.538. The molecule has 0 aliphatic carbocycles. The van der Waals surface area contributed by atoms with Gasteiger partial charge in [0.1, 0.15) is 6.04 Å². The van der Waals surface area contributed by atoms with Crippen LogP contribution in [0.5, 0.6) is 0 Å². The predicted molar refractivity (Wildman–Crippen MR) is 56.6 cm³/mol. The lowest BCUT2D eigenvalue weighted by atomic mass is 9.99. The fourth-order valence-corrected chi connectivity index (χ4v) is 1.23. The third-order valence-electron chi connectivity index (χ3n) is 1.87. The lowest BCUT2D eigenvalue weighted by molar-refractivity contribution is -0.121. The van der Waals surface area contributed by atoms with Crippen LogP contribution in [0.2, 0.25) is 0 Å². The van der Waals surface area contributed by atoms with Crippen LogP contribution in [-0.4, -0.2) is 23.1 Å². The fraction of sp³-hybridized carbons (Fsp3) is 0.714. The van der Waals surface area contributed by atoms with Crippen LogP contribution in [0.15, 0.2) is 0 Å². The molecule has 2 amide bonds. The van der Waals surface area contributed by atoms with Gasteiger partial charge in [-0.1, -0.05) is 20.3 Å². The molecule has 0 bridgehead atoms. The van der Waals surface area contributed by atoms with E-state index in [1.54, 1.807) is 22.9 Å². The van der Waals surface area contributed by atoms with Crippen molar-refractivity contribution in [1.29, 1.82) is 0 Å². The second kappa shape index (κ2) is 6.01. The van der Waals surface area contributed by atoms with Gasteiger partial charge < -0.3 is 10.4 Å². The van der Waals surface area contributed by atoms with E-state index in [1.165, 1.54) is 0 Å². The Bertz CT molecular complexity index is 198. The highest BCUT2D eigenvalue weighted by Crippen LogP contribution is 2.08. The molecule has 0 heterocycles. The molecule has 6 heteroatoms. The maximum Gasteiger partial charge on any atom is 0.405 e. The van der Waals surface area contributed by atoms with Crippen LogP contribution >= 0.6 is 22.9 Å². The van der Waals surface area contributed by atoms with Crippen molar-refractivity contribution < 1.29 is 14.7 Å². The van der Waals surface area contributed by atoms with Crippen LogP contribution in [0.1, 0.15) is 20.3 Å². The van der Waals surface area contributed by atoms with Gasteiger partial charge in [-0.15, -0.1) is 0 Å². The number of rotatable bonds is 4. The minimum atomic E-state index is -1.18. The zero-order chi connectivity index (χ0) is 10.4. The van der Waals surface area contributed by atoms with Crippen molar-refractivity contribution in [3.8, 4) is 0 Å². The van der Waals surface area contributed by atoms with Crippen molar-refractivity contribution in [2.24, 2.45) is 5.92 Å². The van der Waals surface area contributed by atoms with Gasteiger partial charge in [0.2, 0.25) is 0 Å². The van der Waals surface area contributed by atoms with Gasteiger partial charge in [-0.3, -0.25) is 8.32 Å². The van der Waals surface area contributed by atoms with E-state index in [0.717, 1.165) is 6.42 Å². The summed E-state index contributed by atoms with van der Waals surface area (Å²) in [5, 5.41) is 10.7. The van der Waals surface area contributed by atoms with Crippen molar-refractivity contribution in [1.82, 2.24) is 8.85 Å². The Labute approximate surface area is 90.8 Å². The van der Waals surface area contributed by atoms with Gasteiger partial charge in [0, 0.05) is 0 Å². The van der Waals surface area contributed by atoms with Crippen LogP contribution in [0, 0.1) is 5.92 Å². The van der Waals surface area contributed by atoms with Crippen molar-refractivity contribution in [2.75, 3.05) is 0 Å². The molecule has 0 aromatic heterocycles. The number of nitrogens with one attached hydrogen (secondary N) is 2. The maximum atomic E-state index is 11.2. The number of carbonyl (C=O) groups excluding carboxylic acids is 1. The number of carboxylic acid groups (broad SMARTS) is 1. The Morgan fingerprint density at radius 1 is 1.54 bits per heavy atom. The fourth-order valence-electron chi connectivity index (χ4n) is 0.894. The number of hydrogen-bond donors (Lipinski definition) is 3. The number of amides is 2. The molecule has 0 aliphatic heterocycles. The summed E-state index contributed by atoms with van der Waals surface area (Å²) in [6.07, 6.45) is -0.431. The lowest BCUT2D eigenvalue weighted by Gasteiger charge is -2.20. The molecule has 5 nitrogen and oxygen atoms in total. The molecule has 0 saturated carbocycles. The normalized spacial score (nSPS) is 14.4. The highest BCUT2D eigenvalue weighted by Gasteiger charge is 2.24. The van der Waals surface area contributed by atoms with Crippen molar-refractivity contribution in [3.63, 3.8) is 0 Å². The molecule has 0 rings (SSSR count). The summed E-state index contributed by atoms with van der Waals surface area (Å²) in [5.41, 5.74) is 0. The van der Waals surface area contributed by atoms with Crippen LogP contribution in [0.25, 0.3) is 0 Å². The van der Waals surface area contributed by atoms with Gasteiger partial charge in [-0.25, -0.2) is 4.79 Å². The summed E-state index contributed by atoms with van der Waals surface area (Å²) in [5.74, 6) is -0.316. The van der Waals surface area contributed by atoms with Gasteiger partial charge in [0.25, 0.3) is 5.91 Å². The predicted octanol–water partition coefficient (Wildman–Crippen LogP) is 1.13. The largest absolute Gasteiger partial charge is 0.465 e. The van der Waals surface area contributed by atoms with E-state index < -0.39 is 12.1 Å². The molecule has 0 aromatic carbocycles. The molecule has 0 fully saturated rings. The first-order valence-corrected chi connectivity index (χ1v) is 5.00. The zero-order valence-electron chi connectivity index (χ0n) is 7.50. The molecule has 0 spiro atoms. The molecule has 0 saturated heterocycles. The molecule has 13 heavy (non-hydrogen) atoms. The first kappa shape index (κ1) is 12.5. The highest BCUT2D eigenvalue weighted by molar-refractivity contribution is 14.1. The third kappa shape index (κ3) is 4.30. The minimum absolute atomic E-state index is 0.00846. The molecule has 0 aliphatic rings. The standard InChI is InChI=1S/C7H13IN2O3/c1-3-4(2)5(6(11)10-8)9-7(12)13/h4-5,9H,3H2,1-2H3,(H,10,11)(H,12,13)/t4?,5-/m0/s1. The Kier molecular flexibility index (Phi) is 5.76. The summed E-state index contributed by atoms with van der Waals surface area (Å²) in [6, 6.07) is -0.667. The van der Waals surface area contributed by atoms with E-state index >= 15 is 0 Å². The smallest absolute Gasteiger partial charge is 0.405 e. The van der Waals surface area contributed by atoms with Gasteiger partial charge in [-0.2, -0.15) is 0 Å². The van der Waals surface area contributed by atoms with E-state index in [0.29, 0.717) is 0 Å². The van der Waals surface area contributed by atoms with Gasteiger partial charge in [0.05, 0.1) is 22.9 Å². The first-order valence-electron chi connectivity index (χ1n) is 3.92. The molecule has 0 radical (unpaired) electrons. The average molecular weight is 300 g/mol. The summed E-state index contributed by atoms with van der Waals surface area (Å²) in [6.45, 7) is 3.73. The van der Waals surface area contributed by atoms with Gasteiger partial charge in [0.15, 0.2) is 0 Å². The maximum absolute atomic E-state index is 11.2. The minimum Gasteiger partial charge on any atom is -0.465 e. The van der Waals surface area contributed by atoms with Gasteiger partial charge >= 0.3 is 6.09 Å². The summed E-state index contributed by atoms with van der Waals surface area (Å²) >= 11 is 1.69. The van der Waals surface area contributed by atoms with Crippen molar-refractivity contribution >= 4 is 34.9 Å². The zero-order valence-corrected chi connectivity index (χ0v) is 9.66. The number of carbonyl (C=O) groups is 2. The molecule has 76 valence electrons. The third-order valence-corrected chi connectivity index (χ3v) is 2.40. The Morgan fingerprint density at radius 3 is 2.38 bits per heavy atom. The van der Waals surface area contributed by atoms with E-state index in [-0.39, 0.29) is 11.8 Å². The molecular formula is C7H13IN2O3. The average Bonchev–Trinajstić information content (AvgIpc) is 2.11. The van der Waals surface area contributed by atoms with E-state index in [4.69, 9.17) is 5.11 Å². The second-order valence-electron chi connectivity index (χ2n) is 2.77. The Morgan fingerprint density at radius 2 is 2.08 bits per heavy atom. The topological polar surface area (TPSA) is 78.4 Å². The SMILES string of the molecule is CCC(C)[C@H](NC(=O)O)C(=O)NI. The summed E-state index contributed by atoms with van der Waals surface area (Å²) < 4.78 is 2.39. The molecule has 1 unspecified atom stereocenters. The summed E-state index contributed by atoms with van der Waals surface area (Å²) in [7, 11) is 0. The Balaban J connectivity index is 4.35. The first-order chi connectivity index (χ1) is 6.02. The molecule has 3 N–H and O–H groups in total. The van der Waals surface area contributed by atoms with Crippen LogP contribution in [-0.2, 0) is 4.79 Å². The van der Waals surface area contributed by atoms with Crippen LogP contribution in [0.4, 0.5) is 4.79 Å². The van der Waals surface area contributed by atoms with Crippen LogP contribution in [0.3, 0.4) is 0 Å². The van der Waals surface area contributed by atoms with Crippen molar-refractivity contribution in [2.45, 2.75) is 26.3 Å². The highest BCUT2D eigenvalue weighted by atomic mass is 127.